The second-order valence-corrected chi connectivity index (χ2v) is 13.9. The Morgan fingerprint density at radius 1 is 0.411 bits per heavy atom. The monoisotopic (exact) mass is 713 g/mol. The molecule has 10 aromatic rings. The van der Waals surface area contributed by atoms with Crippen molar-refractivity contribution in [1.29, 1.82) is 0 Å². The van der Waals surface area contributed by atoms with Gasteiger partial charge in [-0.1, -0.05) is 176 Å². The first kappa shape index (κ1) is 32.9. The van der Waals surface area contributed by atoms with Gasteiger partial charge in [0.2, 0.25) is 0 Å². The highest BCUT2D eigenvalue weighted by Gasteiger charge is 2.22. The molecule has 2 aromatic heterocycles. The maximum atomic E-state index is 5.41. The van der Waals surface area contributed by atoms with Crippen LogP contribution in [0.1, 0.15) is 0 Å². The van der Waals surface area contributed by atoms with Gasteiger partial charge < -0.3 is 4.90 Å². The van der Waals surface area contributed by atoms with E-state index in [1.165, 1.54) is 27.6 Å². The summed E-state index contributed by atoms with van der Waals surface area (Å²) in [4.78, 5) is 2.24. The van der Waals surface area contributed by atoms with E-state index < -0.39 is 0 Å². The molecule has 0 unspecified atom stereocenters. The van der Waals surface area contributed by atoms with Gasteiger partial charge in [-0.25, -0.2) is 4.52 Å². The van der Waals surface area contributed by atoms with Gasteiger partial charge in [-0.05, 0) is 81.7 Å². The van der Waals surface area contributed by atoms with Gasteiger partial charge in [0.15, 0.2) is 0 Å². The average Bonchev–Trinajstić information content (AvgIpc) is 3.69. The first-order valence-corrected chi connectivity index (χ1v) is 18.9. The summed E-state index contributed by atoms with van der Waals surface area (Å²) in [6.45, 7) is 0. The van der Waals surface area contributed by atoms with Gasteiger partial charge in [0, 0.05) is 27.9 Å². The third-order valence-corrected chi connectivity index (χ3v) is 10.4. The number of hydrogen-bond acceptors (Lipinski definition) is 2. The van der Waals surface area contributed by atoms with Crippen LogP contribution in [-0.4, -0.2) is 9.61 Å². The molecule has 0 amide bonds. The second kappa shape index (κ2) is 14.3. The molecule has 2 heterocycles. The minimum absolute atomic E-state index is 0.860. The van der Waals surface area contributed by atoms with E-state index in [2.05, 4.69) is 222 Å². The Morgan fingerprint density at radius 2 is 0.893 bits per heavy atom. The Balaban J connectivity index is 1.12. The van der Waals surface area contributed by atoms with Crippen molar-refractivity contribution in [3.8, 4) is 55.9 Å². The summed E-state index contributed by atoms with van der Waals surface area (Å²) in [6.07, 6.45) is 0. The molecule has 3 nitrogen and oxygen atoms in total. The van der Waals surface area contributed by atoms with E-state index in [1.807, 2.05) is 12.1 Å². The Morgan fingerprint density at radius 3 is 1.43 bits per heavy atom. The first-order chi connectivity index (χ1) is 27.8. The van der Waals surface area contributed by atoms with Crippen LogP contribution in [0.3, 0.4) is 0 Å². The number of aromatic nitrogens is 2. The van der Waals surface area contributed by atoms with Gasteiger partial charge in [-0.15, -0.1) is 0 Å². The van der Waals surface area contributed by atoms with E-state index in [4.69, 9.17) is 5.10 Å². The fraction of sp³-hybridized carbons (Fsp3) is 0. The first-order valence-electron chi connectivity index (χ1n) is 18.9. The Hall–Kier alpha value is -7.67. The zero-order valence-corrected chi connectivity index (χ0v) is 30.5. The third kappa shape index (κ3) is 6.06. The summed E-state index contributed by atoms with van der Waals surface area (Å²) in [5, 5.41) is 7.72. The Bertz CT molecular complexity index is 2820. The van der Waals surface area contributed by atoms with Crippen LogP contribution in [0.15, 0.2) is 212 Å². The highest BCUT2D eigenvalue weighted by Crippen LogP contribution is 2.42. The summed E-state index contributed by atoms with van der Waals surface area (Å²) in [6, 6.07) is 81.8. The van der Waals surface area contributed by atoms with Crippen LogP contribution in [-0.2, 0) is 0 Å². The number of fused-ring (bicyclic) bond motifs is 3. The molecule has 0 fully saturated rings. The van der Waals surface area contributed by atoms with Crippen molar-refractivity contribution in [1.82, 2.24) is 9.61 Å². The van der Waals surface area contributed by atoms with E-state index >= 15 is 0 Å². The van der Waals surface area contributed by atoms with Crippen molar-refractivity contribution in [2.75, 3.05) is 4.90 Å². The molecular formula is C53H35N3. The summed E-state index contributed by atoms with van der Waals surface area (Å²) < 4.78 is 2.12. The number of anilines is 3. The molecule has 262 valence electrons. The summed E-state index contributed by atoms with van der Waals surface area (Å²) in [7, 11) is 0. The molecular weight excluding hydrogens is 679 g/mol. The lowest BCUT2D eigenvalue weighted by Gasteiger charge is -2.24. The molecule has 0 aliphatic heterocycles. The summed E-state index contributed by atoms with van der Waals surface area (Å²) in [5.74, 6) is 0. The smallest absolute Gasteiger partial charge is 0.110 e. The molecule has 0 aliphatic carbocycles. The lowest BCUT2D eigenvalue weighted by Crippen LogP contribution is -2.09. The quantitative estimate of drug-likeness (QED) is 0.156. The standard InChI is InChI=1S/C53H35N3/c1-5-15-38(16-6-1)40-25-31-46(32-26-40)55(47-33-27-41(28-34-47)39-17-7-2-8-18-39)48-35-29-44(30-36-48)52-51(43-21-11-4-12-22-43)53-49-24-14-13-23-45(49)37-50(56(53)54-52)42-19-9-3-10-20-42/h1-29,31-35,37H. The highest BCUT2D eigenvalue weighted by molar-refractivity contribution is 6.08. The zero-order valence-electron chi connectivity index (χ0n) is 30.5. The molecule has 56 heavy (non-hydrogen) atoms. The van der Waals surface area contributed by atoms with E-state index in [9.17, 15) is 0 Å². The lowest BCUT2D eigenvalue weighted by molar-refractivity contribution is 0.980. The molecule has 0 saturated carbocycles. The van der Waals surface area contributed by atoms with Crippen LogP contribution in [0, 0.1) is 12.1 Å². The summed E-state index contributed by atoms with van der Waals surface area (Å²) in [5.41, 5.74) is 14.8. The lowest BCUT2D eigenvalue weighted by atomic mass is 9.97. The average molecular weight is 714 g/mol. The Labute approximate surface area is 327 Å². The van der Waals surface area contributed by atoms with Crippen LogP contribution in [0.4, 0.5) is 17.1 Å². The fourth-order valence-corrected chi connectivity index (χ4v) is 7.71. The minimum Gasteiger partial charge on any atom is -0.303 e. The number of hydrogen-bond donors (Lipinski definition) is 0. The van der Waals surface area contributed by atoms with E-state index in [0.717, 1.165) is 61.6 Å². The van der Waals surface area contributed by atoms with Crippen molar-refractivity contribution < 1.29 is 0 Å². The maximum Gasteiger partial charge on any atom is 0.110 e. The maximum absolute atomic E-state index is 5.41. The van der Waals surface area contributed by atoms with Crippen molar-refractivity contribution >= 4 is 33.4 Å². The van der Waals surface area contributed by atoms with E-state index in [-0.39, 0.29) is 0 Å². The van der Waals surface area contributed by atoms with Crippen molar-refractivity contribution in [2.24, 2.45) is 0 Å². The molecule has 0 aliphatic rings. The molecule has 0 saturated heterocycles. The van der Waals surface area contributed by atoms with Crippen molar-refractivity contribution in [3.63, 3.8) is 0 Å². The number of benzene rings is 7. The van der Waals surface area contributed by atoms with Crippen LogP contribution in [0.25, 0.3) is 72.2 Å². The third-order valence-electron chi connectivity index (χ3n) is 10.4. The van der Waals surface area contributed by atoms with Crippen LogP contribution < -0.4 is 4.90 Å². The van der Waals surface area contributed by atoms with Crippen molar-refractivity contribution in [2.45, 2.75) is 0 Å². The molecule has 3 heteroatoms. The van der Waals surface area contributed by atoms with Gasteiger partial charge in [0.25, 0.3) is 0 Å². The predicted octanol–water partition coefficient (Wildman–Crippen LogP) is 13.9. The van der Waals surface area contributed by atoms with Crippen LogP contribution >= 0.6 is 0 Å². The zero-order chi connectivity index (χ0) is 37.3. The number of rotatable bonds is 8. The van der Waals surface area contributed by atoms with Crippen molar-refractivity contribution in [3.05, 3.63) is 224 Å². The molecule has 0 bridgehead atoms. The van der Waals surface area contributed by atoms with Crippen LogP contribution in [0.2, 0.25) is 0 Å². The van der Waals surface area contributed by atoms with Gasteiger partial charge >= 0.3 is 0 Å². The van der Waals surface area contributed by atoms with Gasteiger partial charge in [-0.2, -0.15) is 5.10 Å². The molecule has 0 N–H and O–H groups in total. The largest absolute Gasteiger partial charge is 0.303 e. The molecule has 0 spiro atoms. The number of nitrogens with zero attached hydrogens (tertiary/aromatic N) is 3. The van der Waals surface area contributed by atoms with E-state index in [1.54, 1.807) is 0 Å². The minimum atomic E-state index is 0.860. The molecule has 10 rings (SSSR count). The predicted molar refractivity (Wildman–Crippen MR) is 232 cm³/mol. The normalized spacial score (nSPS) is 11.1. The number of pyridine rings is 1. The highest BCUT2D eigenvalue weighted by atomic mass is 15.2. The van der Waals surface area contributed by atoms with Gasteiger partial charge in [-0.3, -0.25) is 0 Å². The van der Waals surface area contributed by atoms with Gasteiger partial charge in [0.05, 0.1) is 22.5 Å². The van der Waals surface area contributed by atoms with Gasteiger partial charge in [0.1, 0.15) is 5.69 Å². The topological polar surface area (TPSA) is 20.5 Å². The fourth-order valence-electron chi connectivity index (χ4n) is 7.71. The van der Waals surface area contributed by atoms with Crippen LogP contribution in [0.5, 0.6) is 0 Å². The Kier molecular flexibility index (Phi) is 8.40. The SMILES string of the molecule is c1c(-c2nn3c(-c4ccccc4)cc4ccccc4c3c2-c2ccccc2)ccc(N(c2ccc(-c3ccccc3)cc2)c2ccc(-c3ccccc3)cc2)c#1. The molecule has 8 aromatic carbocycles. The second-order valence-electron chi connectivity index (χ2n) is 13.9. The molecule has 0 atom stereocenters. The van der Waals surface area contributed by atoms with E-state index in [0.29, 0.717) is 0 Å². The molecule has 0 radical (unpaired) electrons. The summed E-state index contributed by atoms with van der Waals surface area (Å²) >= 11 is 0.